The Morgan fingerprint density at radius 2 is 2.33 bits per heavy atom. The van der Waals surface area contributed by atoms with Crippen molar-refractivity contribution in [3.8, 4) is 0 Å². The van der Waals surface area contributed by atoms with Crippen LogP contribution in [0.2, 0.25) is 0 Å². The third kappa shape index (κ3) is 4.27. The third-order valence-electron chi connectivity index (χ3n) is 4.33. The lowest BCUT2D eigenvalue weighted by Crippen LogP contribution is -2.41. The van der Waals surface area contributed by atoms with Crippen molar-refractivity contribution >= 4 is 5.97 Å². The van der Waals surface area contributed by atoms with E-state index in [2.05, 4.69) is 28.9 Å². The van der Waals surface area contributed by atoms with E-state index < -0.39 is 5.97 Å². The van der Waals surface area contributed by atoms with E-state index in [1.54, 1.807) is 0 Å². The van der Waals surface area contributed by atoms with Crippen LogP contribution in [0.4, 0.5) is 0 Å². The summed E-state index contributed by atoms with van der Waals surface area (Å²) in [5.41, 5.74) is 2.12. The molecule has 1 aliphatic heterocycles. The zero-order chi connectivity index (χ0) is 15.2. The smallest absolute Gasteiger partial charge is 0.307 e. The highest BCUT2D eigenvalue weighted by molar-refractivity contribution is 5.70. The van der Waals surface area contributed by atoms with Gasteiger partial charge in [-0.15, -0.1) is 0 Å². The van der Waals surface area contributed by atoms with E-state index >= 15 is 0 Å². The molecule has 1 saturated heterocycles. The highest BCUT2D eigenvalue weighted by Crippen LogP contribution is 2.30. The molecular weight excluding hydrogens is 264 g/mol. The maximum Gasteiger partial charge on any atom is 0.307 e. The van der Waals surface area contributed by atoms with Crippen LogP contribution in [0.3, 0.4) is 0 Å². The number of rotatable bonds is 6. The highest BCUT2D eigenvalue weighted by Gasteiger charge is 2.30. The van der Waals surface area contributed by atoms with E-state index in [0.29, 0.717) is 6.54 Å². The van der Waals surface area contributed by atoms with Gasteiger partial charge >= 0.3 is 5.97 Å². The first-order valence-corrected chi connectivity index (χ1v) is 8.02. The van der Waals surface area contributed by atoms with Crippen LogP contribution in [0.15, 0.2) is 18.2 Å². The molecule has 0 aliphatic carbocycles. The van der Waals surface area contributed by atoms with Crippen LogP contribution in [0, 0.1) is 12.8 Å². The Kier molecular flexibility index (Phi) is 5.74. The van der Waals surface area contributed by atoms with Crippen LogP contribution >= 0.6 is 0 Å². The largest absolute Gasteiger partial charge is 0.481 e. The molecule has 1 aliphatic rings. The lowest BCUT2D eigenvalue weighted by molar-refractivity contribution is -0.144. The topological polar surface area (TPSA) is 53.4 Å². The average molecular weight is 290 g/mol. The van der Waals surface area contributed by atoms with E-state index in [9.17, 15) is 9.90 Å². The lowest BCUT2D eigenvalue weighted by atomic mass is 9.94. The van der Waals surface area contributed by atoms with E-state index in [4.69, 9.17) is 0 Å². The third-order valence-corrected chi connectivity index (χ3v) is 4.33. The van der Waals surface area contributed by atoms with Crippen LogP contribution in [0.5, 0.6) is 0 Å². The molecule has 0 spiro atoms. The SMILES string of the molecule is CCCCC(c1cccc(C)n1)N1CCCC(C(=O)O)C1. The second-order valence-corrected chi connectivity index (χ2v) is 6.03. The summed E-state index contributed by atoms with van der Waals surface area (Å²) in [5.74, 6) is -0.890. The molecule has 0 aromatic carbocycles. The maximum absolute atomic E-state index is 11.3. The highest BCUT2D eigenvalue weighted by atomic mass is 16.4. The number of hydrogen-bond acceptors (Lipinski definition) is 3. The molecule has 21 heavy (non-hydrogen) atoms. The zero-order valence-corrected chi connectivity index (χ0v) is 13.1. The minimum absolute atomic E-state index is 0.229. The Balaban J connectivity index is 2.17. The molecule has 0 bridgehead atoms. The molecule has 1 aromatic rings. The van der Waals surface area contributed by atoms with Gasteiger partial charge in [0.25, 0.3) is 0 Å². The van der Waals surface area contributed by atoms with Crippen molar-refractivity contribution in [2.75, 3.05) is 13.1 Å². The Hall–Kier alpha value is -1.42. The number of pyridine rings is 1. The minimum atomic E-state index is -0.661. The summed E-state index contributed by atoms with van der Waals surface area (Å²) in [7, 11) is 0. The molecule has 4 heteroatoms. The van der Waals surface area contributed by atoms with Crippen molar-refractivity contribution < 1.29 is 9.90 Å². The Morgan fingerprint density at radius 3 is 3.00 bits per heavy atom. The van der Waals surface area contributed by atoms with Crippen molar-refractivity contribution in [3.63, 3.8) is 0 Å². The summed E-state index contributed by atoms with van der Waals surface area (Å²) in [4.78, 5) is 18.3. The second kappa shape index (κ2) is 7.55. The molecule has 4 nitrogen and oxygen atoms in total. The van der Waals surface area contributed by atoms with Crippen LogP contribution in [-0.4, -0.2) is 34.0 Å². The summed E-state index contributed by atoms with van der Waals surface area (Å²) in [6.07, 6.45) is 5.12. The molecule has 0 saturated carbocycles. The molecular formula is C17H26N2O2. The monoisotopic (exact) mass is 290 g/mol. The molecule has 0 radical (unpaired) electrons. The van der Waals surface area contributed by atoms with Crippen molar-refractivity contribution in [1.82, 2.24) is 9.88 Å². The van der Waals surface area contributed by atoms with E-state index in [1.165, 1.54) is 0 Å². The molecule has 116 valence electrons. The Morgan fingerprint density at radius 1 is 1.52 bits per heavy atom. The number of hydrogen-bond donors (Lipinski definition) is 1. The van der Waals surface area contributed by atoms with Gasteiger partial charge in [-0.2, -0.15) is 0 Å². The van der Waals surface area contributed by atoms with Gasteiger partial charge in [0, 0.05) is 12.2 Å². The summed E-state index contributed by atoms with van der Waals surface area (Å²) in [5, 5.41) is 9.29. The predicted molar refractivity (Wildman–Crippen MR) is 83.2 cm³/mol. The number of carbonyl (C=O) groups is 1. The normalized spacial score (nSPS) is 21.1. The van der Waals surface area contributed by atoms with E-state index in [1.807, 2.05) is 13.0 Å². The van der Waals surface area contributed by atoms with Gasteiger partial charge in [-0.05, 0) is 44.9 Å². The van der Waals surface area contributed by atoms with Gasteiger partial charge in [-0.1, -0.05) is 25.8 Å². The number of unbranched alkanes of at least 4 members (excludes halogenated alkanes) is 1. The standard InChI is InChI=1S/C17H26N2O2/c1-3-4-10-16(15-9-5-7-13(2)18-15)19-11-6-8-14(12-19)17(20)21/h5,7,9,14,16H,3-4,6,8,10-12H2,1-2H3,(H,20,21). The van der Waals surface area contributed by atoms with Crippen LogP contribution in [0.1, 0.15) is 56.5 Å². The minimum Gasteiger partial charge on any atom is -0.481 e. The average Bonchev–Trinajstić information content (AvgIpc) is 2.48. The predicted octanol–water partition coefficient (Wildman–Crippen LogP) is 3.42. The number of aromatic nitrogens is 1. The number of piperidine rings is 1. The Labute approximate surface area is 127 Å². The fourth-order valence-electron chi connectivity index (χ4n) is 3.16. The van der Waals surface area contributed by atoms with Gasteiger partial charge in [0.15, 0.2) is 0 Å². The number of aliphatic carboxylic acids is 1. The van der Waals surface area contributed by atoms with E-state index in [-0.39, 0.29) is 12.0 Å². The molecule has 2 heterocycles. The molecule has 0 amide bonds. The van der Waals surface area contributed by atoms with Crippen molar-refractivity contribution in [2.24, 2.45) is 5.92 Å². The van der Waals surface area contributed by atoms with Crippen molar-refractivity contribution in [3.05, 3.63) is 29.6 Å². The fraction of sp³-hybridized carbons (Fsp3) is 0.647. The lowest BCUT2D eigenvalue weighted by Gasteiger charge is -2.37. The first-order chi connectivity index (χ1) is 10.1. The zero-order valence-electron chi connectivity index (χ0n) is 13.1. The molecule has 2 atom stereocenters. The first kappa shape index (κ1) is 16.0. The summed E-state index contributed by atoms with van der Waals surface area (Å²) in [6, 6.07) is 6.40. The number of aryl methyl sites for hydroxylation is 1. The quantitative estimate of drug-likeness (QED) is 0.872. The van der Waals surface area contributed by atoms with Gasteiger partial charge in [0.1, 0.15) is 0 Å². The molecule has 1 fully saturated rings. The number of nitrogens with zero attached hydrogens (tertiary/aromatic N) is 2. The van der Waals surface area contributed by atoms with Gasteiger partial charge in [0.05, 0.1) is 17.7 Å². The van der Waals surface area contributed by atoms with Crippen molar-refractivity contribution in [2.45, 2.75) is 52.0 Å². The van der Waals surface area contributed by atoms with Gasteiger partial charge in [-0.25, -0.2) is 0 Å². The fourth-order valence-corrected chi connectivity index (χ4v) is 3.16. The molecule has 2 rings (SSSR count). The van der Waals surface area contributed by atoms with Crippen LogP contribution in [0.25, 0.3) is 0 Å². The summed E-state index contributed by atoms with van der Waals surface area (Å²) in [6.45, 7) is 5.83. The van der Waals surface area contributed by atoms with E-state index in [0.717, 1.165) is 50.0 Å². The molecule has 1 aromatic heterocycles. The molecule has 1 N–H and O–H groups in total. The second-order valence-electron chi connectivity index (χ2n) is 6.03. The number of carboxylic acid groups (broad SMARTS) is 1. The Bertz CT molecular complexity index is 476. The van der Waals surface area contributed by atoms with Gasteiger partial charge < -0.3 is 5.11 Å². The maximum atomic E-state index is 11.3. The number of likely N-dealkylation sites (tertiary alicyclic amines) is 1. The first-order valence-electron chi connectivity index (χ1n) is 8.02. The van der Waals surface area contributed by atoms with Gasteiger partial charge in [0.2, 0.25) is 0 Å². The van der Waals surface area contributed by atoms with Crippen LogP contribution in [-0.2, 0) is 4.79 Å². The van der Waals surface area contributed by atoms with Crippen molar-refractivity contribution in [1.29, 1.82) is 0 Å². The molecule has 2 unspecified atom stereocenters. The number of carboxylic acids is 1. The van der Waals surface area contributed by atoms with Crippen LogP contribution < -0.4 is 0 Å². The van der Waals surface area contributed by atoms with Gasteiger partial charge in [-0.3, -0.25) is 14.7 Å². The summed E-state index contributed by atoms with van der Waals surface area (Å²) < 4.78 is 0. The summed E-state index contributed by atoms with van der Waals surface area (Å²) >= 11 is 0.